The highest BCUT2D eigenvalue weighted by Gasteiger charge is 2.25. The Labute approximate surface area is 160 Å². The highest BCUT2D eigenvalue weighted by Crippen LogP contribution is 2.25. The molecule has 1 aliphatic carbocycles. The maximum Gasteiger partial charge on any atom is 0.220 e. The first-order valence-corrected chi connectivity index (χ1v) is 10.2. The van der Waals surface area contributed by atoms with Crippen LogP contribution in [0.4, 0.5) is 0 Å². The van der Waals surface area contributed by atoms with Gasteiger partial charge in [0.05, 0.1) is 0 Å². The van der Waals surface area contributed by atoms with Crippen LogP contribution in [-0.4, -0.2) is 43.4 Å². The highest BCUT2D eigenvalue weighted by molar-refractivity contribution is 5.81. The first-order valence-electron chi connectivity index (χ1n) is 10.2. The molecule has 0 aliphatic heterocycles. The number of carbonyl (C=O) groups is 3. The summed E-state index contributed by atoms with van der Waals surface area (Å²) in [6, 6.07) is 0.181. The zero-order chi connectivity index (χ0) is 19.2. The Bertz CT molecular complexity index is 442. The first kappa shape index (κ1) is 22.6. The van der Waals surface area contributed by atoms with E-state index in [-0.39, 0.29) is 26.6 Å². The van der Waals surface area contributed by atoms with Crippen molar-refractivity contribution in [3.63, 3.8) is 0 Å². The summed E-state index contributed by atoms with van der Waals surface area (Å²) < 4.78 is 5.35. The average Bonchev–Trinajstić information content (AvgIpc) is 2.64. The normalized spacial score (nSPS) is 19.8. The fraction of sp³-hybridized carbons (Fsp3) is 0.850. The zero-order valence-corrected chi connectivity index (χ0v) is 16.5. The predicted octanol–water partition coefficient (Wildman–Crippen LogP) is 3.24. The van der Waals surface area contributed by atoms with Crippen molar-refractivity contribution in [1.82, 2.24) is 10.6 Å². The maximum atomic E-state index is 12.0. The Morgan fingerprint density at radius 1 is 0.962 bits per heavy atom. The summed E-state index contributed by atoms with van der Waals surface area (Å²) >= 11 is 0. The van der Waals surface area contributed by atoms with Crippen LogP contribution < -0.4 is 10.6 Å². The Morgan fingerprint density at radius 2 is 1.65 bits per heavy atom. The second kappa shape index (κ2) is 13.7. The van der Waals surface area contributed by atoms with Crippen molar-refractivity contribution in [2.24, 2.45) is 5.92 Å². The molecule has 1 aliphatic rings. The van der Waals surface area contributed by atoms with Crippen LogP contribution in [0.15, 0.2) is 0 Å². The van der Waals surface area contributed by atoms with Gasteiger partial charge in [-0.1, -0.05) is 13.8 Å². The lowest BCUT2D eigenvalue weighted by Gasteiger charge is -2.28. The van der Waals surface area contributed by atoms with Crippen molar-refractivity contribution in [1.29, 1.82) is 0 Å². The minimum Gasteiger partial charge on any atom is -0.381 e. The van der Waals surface area contributed by atoms with Gasteiger partial charge in [0.2, 0.25) is 11.8 Å². The Balaban J connectivity index is 0. The van der Waals surface area contributed by atoms with Crippen molar-refractivity contribution in [3.8, 4) is 0 Å². The summed E-state index contributed by atoms with van der Waals surface area (Å²) in [4.78, 5) is 35.4. The number of nitrogens with one attached hydrogen (secondary N) is 2. The van der Waals surface area contributed by atoms with E-state index in [2.05, 4.69) is 17.6 Å². The molecule has 2 N–H and O–H groups in total. The van der Waals surface area contributed by atoms with Gasteiger partial charge in [0, 0.05) is 53.8 Å². The molecule has 0 aromatic carbocycles. The Hall–Kier alpha value is -1.43. The van der Waals surface area contributed by atoms with Crippen molar-refractivity contribution in [3.05, 3.63) is 0 Å². The Kier molecular flexibility index (Phi) is 11.9. The van der Waals surface area contributed by atoms with Gasteiger partial charge in [-0.15, -0.1) is 0 Å². The predicted molar refractivity (Wildman–Crippen MR) is 106 cm³/mol. The zero-order valence-electron chi connectivity index (χ0n) is 16.5. The van der Waals surface area contributed by atoms with Gasteiger partial charge in [0.25, 0.3) is 0 Å². The molecule has 0 aromatic rings. The van der Waals surface area contributed by atoms with Gasteiger partial charge in [-0.25, -0.2) is 0 Å². The van der Waals surface area contributed by atoms with Crippen molar-refractivity contribution in [2.45, 2.75) is 84.1 Å². The molecule has 0 saturated heterocycles. The van der Waals surface area contributed by atoms with Crippen molar-refractivity contribution >= 4 is 17.6 Å². The number of hydrogen-bond acceptors (Lipinski definition) is 4. The number of rotatable bonds is 13. The molecule has 1 fully saturated rings. The van der Waals surface area contributed by atoms with Crippen LogP contribution in [0.1, 0.15) is 80.9 Å². The van der Waals surface area contributed by atoms with Gasteiger partial charge >= 0.3 is 0 Å². The fourth-order valence-corrected chi connectivity index (χ4v) is 3.29. The third-order valence-electron chi connectivity index (χ3n) is 4.84. The van der Waals surface area contributed by atoms with Crippen molar-refractivity contribution in [2.75, 3.05) is 19.8 Å². The lowest BCUT2D eigenvalue weighted by molar-refractivity contribution is -0.123. The Morgan fingerprint density at radius 3 is 2.31 bits per heavy atom. The number of Topliss-reactive ketones (excluding diaryl/α,β-unsaturated/α-hetero) is 1. The van der Waals surface area contributed by atoms with Crippen LogP contribution in [-0.2, 0) is 19.1 Å². The van der Waals surface area contributed by atoms with E-state index in [0.29, 0.717) is 44.6 Å². The van der Waals surface area contributed by atoms with Crippen LogP contribution in [0.2, 0.25) is 0 Å². The number of ether oxygens (including phenoxy) is 1. The van der Waals surface area contributed by atoms with Gasteiger partial charge in [-0.2, -0.15) is 0 Å². The molecule has 0 radical (unpaired) electrons. The first-order chi connectivity index (χ1) is 12.6. The molecule has 6 heteroatoms. The van der Waals surface area contributed by atoms with Gasteiger partial charge in [-0.3, -0.25) is 14.4 Å². The second-order valence-corrected chi connectivity index (χ2v) is 7.11. The van der Waals surface area contributed by atoms with Crippen LogP contribution in [0.5, 0.6) is 0 Å². The molecule has 0 spiro atoms. The summed E-state index contributed by atoms with van der Waals surface area (Å²) in [6.45, 7) is 6.03. The molecule has 1 saturated carbocycles. The van der Waals surface area contributed by atoms with Crippen LogP contribution >= 0.6 is 0 Å². The molecule has 0 unspecified atom stereocenters. The van der Waals surface area contributed by atoms with Crippen molar-refractivity contribution < 1.29 is 22.0 Å². The molecule has 6 nitrogen and oxygen atoms in total. The molecule has 0 aromatic heterocycles. The molecule has 0 atom stereocenters. The van der Waals surface area contributed by atoms with E-state index in [9.17, 15) is 14.4 Å². The summed E-state index contributed by atoms with van der Waals surface area (Å²) in [5.41, 5.74) is 0. The van der Waals surface area contributed by atoms with Crippen LogP contribution in [0, 0.1) is 5.92 Å². The minimum absolute atomic E-state index is 0. The summed E-state index contributed by atoms with van der Waals surface area (Å²) in [6.07, 6.45) is 7.25. The lowest BCUT2D eigenvalue weighted by Crippen LogP contribution is -2.38. The fourth-order valence-electron chi connectivity index (χ4n) is 3.29. The molecular formula is C20H40N2O4. The number of carbonyl (C=O) groups excluding carboxylic acids is 3. The third kappa shape index (κ3) is 9.90. The summed E-state index contributed by atoms with van der Waals surface area (Å²) in [7, 11) is 0. The van der Waals surface area contributed by atoms with Gasteiger partial charge in [0.15, 0.2) is 0 Å². The van der Waals surface area contributed by atoms with Gasteiger partial charge < -0.3 is 15.4 Å². The van der Waals surface area contributed by atoms with E-state index in [1.165, 1.54) is 0 Å². The van der Waals surface area contributed by atoms with Crippen LogP contribution in [0.25, 0.3) is 0 Å². The lowest BCUT2D eigenvalue weighted by atomic mass is 9.83. The largest absolute Gasteiger partial charge is 0.381 e. The van der Waals surface area contributed by atoms with Gasteiger partial charge in [-0.05, 0) is 44.9 Å². The summed E-state index contributed by atoms with van der Waals surface area (Å²) in [5.74, 6) is 0.532. The van der Waals surface area contributed by atoms with E-state index in [0.717, 1.165) is 45.1 Å². The molecule has 0 heterocycles. The molecule has 0 bridgehead atoms. The summed E-state index contributed by atoms with van der Waals surface area (Å²) in [5, 5.41) is 5.90. The van der Waals surface area contributed by atoms with E-state index in [4.69, 9.17) is 4.74 Å². The molecule has 1 rings (SSSR count). The standard InChI is InChI=1S/C20H36N2O4.2H2/c1-3-14-26-15-6-13-21-19(24)7-5-8-20(25)22-17-11-9-16(10-12-17)18(23)4-2;;/h16-17H,3-15H2,1-2H3,(H,21,24)(H,22,25);2*1H. The molecule has 26 heavy (non-hydrogen) atoms. The van der Waals surface area contributed by atoms with Gasteiger partial charge in [0.1, 0.15) is 5.78 Å². The maximum absolute atomic E-state index is 12.0. The average molecular weight is 373 g/mol. The minimum atomic E-state index is -0.00752. The topological polar surface area (TPSA) is 84.5 Å². The molecule has 154 valence electrons. The monoisotopic (exact) mass is 372 g/mol. The highest BCUT2D eigenvalue weighted by atomic mass is 16.5. The van der Waals surface area contributed by atoms with E-state index >= 15 is 0 Å². The SMILES string of the molecule is CCCOCCCNC(=O)CCCC(=O)NC1CCC(C(=O)CC)CC1.[HH].[HH]. The second-order valence-electron chi connectivity index (χ2n) is 7.11. The number of amides is 2. The number of ketones is 1. The smallest absolute Gasteiger partial charge is 0.220 e. The van der Waals surface area contributed by atoms with E-state index in [1.807, 2.05) is 6.92 Å². The quantitative estimate of drug-likeness (QED) is 0.486. The van der Waals surface area contributed by atoms with E-state index in [1.54, 1.807) is 0 Å². The molecule has 2 amide bonds. The van der Waals surface area contributed by atoms with Crippen LogP contribution in [0.3, 0.4) is 0 Å². The third-order valence-corrected chi connectivity index (χ3v) is 4.84. The van der Waals surface area contributed by atoms with E-state index < -0.39 is 0 Å². The molecular weight excluding hydrogens is 332 g/mol. The number of hydrogen-bond donors (Lipinski definition) is 2.